The van der Waals surface area contributed by atoms with Crippen LogP contribution in [0.15, 0.2) is 0 Å². The van der Waals surface area contributed by atoms with Gasteiger partial charge in [-0.3, -0.25) is 0 Å². The van der Waals surface area contributed by atoms with E-state index in [-0.39, 0.29) is 0 Å². The van der Waals surface area contributed by atoms with Crippen LogP contribution in [0.4, 0.5) is 0 Å². The van der Waals surface area contributed by atoms with Gasteiger partial charge in [0.1, 0.15) is 0 Å². The Morgan fingerprint density at radius 1 is 0.938 bits per heavy atom. The highest BCUT2D eigenvalue weighted by Crippen LogP contribution is 2.70. The second-order valence-electron chi connectivity index (χ2n) is 7.91. The highest BCUT2D eigenvalue weighted by Gasteiger charge is 2.63. The first kappa shape index (κ1) is 12.5. The molecule has 0 N–H and O–H groups in total. The van der Waals surface area contributed by atoms with Crippen LogP contribution in [0.25, 0.3) is 0 Å². The van der Waals surface area contributed by atoms with E-state index in [1.807, 2.05) is 0 Å². The molecule has 0 spiro atoms. The Labute approximate surface area is 102 Å². The quantitative estimate of drug-likeness (QED) is 0.617. The lowest BCUT2D eigenvalue weighted by atomic mass is 9.35. The summed E-state index contributed by atoms with van der Waals surface area (Å²) >= 11 is 0. The number of hydrogen-bond acceptors (Lipinski definition) is 0. The minimum atomic E-state index is 0.576. The van der Waals surface area contributed by atoms with Gasteiger partial charge in [0, 0.05) is 0 Å². The molecule has 0 heterocycles. The smallest absolute Gasteiger partial charge is 0.0238 e. The average molecular weight is 222 g/mol. The summed E-state index contributed by atoms with van der Waals surface area (Å²) in [6.07, 6.45) is 2.99. The van der Waals surface area contributed by atoms with Crippen LogP contribution in [0.5, 0.6) is 0 Å². The minimum Gasteiger partial charge on any atom is -0.0625 e. The van der Waals surface area contributed by atoms with Gasteiger partial charge in [0.2, 0.25) is 0 Å². The summed E-state index contributed by atoms with van der Waals surface area (Å²) in [5.74, 6) is 4.60. The molecular weight excluding hydrogens is 192 g/mol. The van der Waals surface area contributed by atoms with Gasteiger partial charge >= 0.3 is 0 Å². The molecule has 2 bridgehead atoms. The maximum Gasteiger partial charge on any atom is -0.0238 e. The van der Waals surface area contributed by atoms with Gasteiger partial charge in [-0.1, -0.05) is 48.5 Å². The molecular formula is C16H30. The van der Waals surface area contributed by atoms with Crippen molar-refractivity contribution in [2.45, 2.75) is 61.3 Å². The van der Waals surface area contributed by atoms with Crippen molar-refractivity contribution in [3.63, 3.8) is 0 Å². The Balaban J connectivity index is 2.34. The summed E-state index contributed by atoms with van der Waals surface area (Å²) < 4.78 is 0. The third-order valence-corrected chi connectivity index (χ3v) is 6.61. The molecule has 0 aromatic heterocycles. The van der Waals surface area contributed by atoms with Crippen LogP contribution in [-0.4, -0.2) is 0 Å². The van der Waals surface area contributed by atoms with Crippen molar-refractivity contribution in [2.75, 3.05) is 0 Å². The number of hydrogen-bond donors (Lipinski definition) is 0. The summed E-state index contributed by atoms with van der Waals surface area (Å²) in [5.41, 5.74) is 1.19. The SMILES string of the molecule is CC(C)C1C[C@H]2C[C@H](C2(C)C)[C@@]1(C)C(C)C. The zero-order valence-corrected chi connectivity index (χ0v) is 12.3. The van der Waals surface area contributed by atoms with Gasteiger partial charge in [-0.25, -0.2) is 0 Å². The normalized spacial score (nSPS) is 45.9. The van der Waals surface area contributed by atoms with E-state index in [0.717, 1.165) is 29.6 Å². The highest BCUT2D eigenvalue weighted by atomic mass is 14.7. The molecule has 0 aromatic carbocycles. The van der Waals surface area contributed by atoms with Gasteiger partial charge in [-0.2, -0.15) is 0 Å². The fourth-order valence-electron chi connectivity index (χ4n) is 5.11. The monoisotopic (exact) mass is 222 g/mol. The van der Waals surface area contributed by atoms with Crippen molar-refractivity contribution in [3.8, 4) is 0 Å². The van der Waals surface area contributed by atoms with E-state index >= 15 is 0 Å². The van der Waals surface area contributed by atoms with Crippen LogP contribution in [0, 0.1) is 40.4 Å². The molecule has 3 aliphatic carbocycles. The number of fused-ring (bicyclic) bond motifs is 2. The first-order valence-corrected chi connectivity index (χ1v) is 7.22. The van der Waals surface area contributed by atoms with Crippen LogP contribution < -0.4 is 0 Å². The lowest BCUT2D eigenvalue weighted by molar-refractivity contribution is -0.210. The molecule has 1 unspecified atom stereocenters. The Morgan fingerprint density at radius 2 is 1.50 bits per heavy atom. The standard InChI is InChI=1S/C16H30/c1-10(2)13-8-12-9-14(15(12,5)6)16(13,7)11(3)4/h10-14H,8-9H2,1-7H3/t12-,13?,14+,16-/m0/s1. The molecule has 0 radical (unpaired) electrons. The van der Waals surface area contributed by atoms with Crippen LogP contribution in [0.1, 0.15) is 61.3 Å². The van der Waals surface area contributed by atoms with Gasteiger partial charge in [0.15, 0.2) is 0 Å². The van der Waals surface area contributed by atoms with Crippen molar-refractivity contribution in [2.24, 2.45) is 40.4 Å². The second kappa shape index (κ2) is 3.50. The Morgan fingerprint density at radius 3 is 1.88 bits per heavy atom. The van der Waals surface area contributed by atoms with E-state index in [1.54, 1.807) is 0 Å². The summed E-state index contributed by atoms with van der Waals surface area (Å²) in [7, 11) is 0. The van der Waals surface area contributed by atoms with Crippen LogP contribution in [0.2, 0.25) is 0 Å². The summed E-state index contributed by atoms with van der Waals surface area (Å²) in [5, 5.41) is 0. The fourth-order valence-corrected chi connectivity index (χ4v) is 5.11. The third-order valence-electron chi connectivity index (χ3n) is 6.61. The molecule has 3 aliphatic rings. The molecule has 94 valence electrons. The minimum absolute atomic E-state index is 0.576. The summed E-state index contributed by atoms with van der Waals surface area (Å²) in [6, 6.07) is 0. The highest BCUT2D eigenvalue weighted by molar-refractivity contribution is 5.12. The summed E-state index contributed by atoms with van der Waals surface area (Å²) in [6.45, 7) is 17.4. The van der Waals surface area contributed by atoms with E-state index in [9.17, 15) is 0 Å². The van der Waals surface area contributed by atoms with E-state index in [0.29, 0.717) is 10.8 Å². The van der Waals surface area contributed by atoms with Crippen LogP contribution >= 0.6 is 0 Å². The Hall–Kier alpha value is 0. The zero-order chi connectivity index (χ0) is 12.3. The van der Waals surface area contributed by atoms with Gasteiger partial charge in [0.25, 0.3) is 0 Å². The average Bonchev–Trinajstić information content (AvgIpc) is 2.16. The zero-order valence-electron chi connectivity index (χ0n) is 12.3. The lowest BCUT2D eigenvalue weighted by Gasteiger charge is -2.69. The predicted octanol–water partition coefficient (Wildman–Crippen LogP) is 4.99. The predicted molar refractivity (Wildman–Crippen MR) is 71.3 cm³/mol. The van der Waals surface area contributed by atoms with Crippen molar-refractivity contribution in [1.82, 2.24) is 0 Å². The molecule has 0 saturated heterocycles. The van der Waals surface area contributed by atoms with Crippen LogP contribution in [-0.2, 0) is 0 Å². The second-order valence-corrected chi connectivity index (χ2v) is 7.91. The molecule has 3 fully saturated rings. The van der Waals surface area contributed by atoms with Gasteiger partial charge < -0.3 is 0 Å². The molecule has 16 heavy (non-hydrogen) atoms. The molecule has 0 heteroatoms. The molecule has 3 saturated carbocycles. The maximum absolute atomic E-state index is 2.59. The molecule has 0 aromatic rings. The largest absolute Gasteiger partial charge is 0.0625 e. The topological polar surface area (TPSA) is 0 Å². The maximum atomic E-state index is 2.59. The molecule has 0 nitrogen and oxygen atoms in total. The molecule has 0 aliphatic heterocycles. The van der Waals surface area contributed by atoms with E-state index in [2.05, 4.69) is 48.5 Å². The Bertz CT molecular complexity index is 270. The van der Waals surface area contributed by atoms with Crippen molar-refractivity contribution < 1.29 is 0 Å². The van der Waals surface area contributed by atoms with E-state index < -0.39 is 0 Å². The fraction of sp³-hybridized carbons (Fsp3) is 1.00. The first-order valence-electron chi connectivity index (χ1n) is 7.22. The summed E-state index contributed by atoms with van der Waals surface area (Å²) in [4.78, 5) is 0. The van der Waals surface area contributed by atoms with Gasteiger partial charge in [-0.05, 0) is 53.3 Å². The first-order chi connectivity index (χ1) is 7.22. The number of rotatable bonds is 2. The van der Waals surface area contributed by atoms with Gasteiger partial charge in [0.05, 0.1) is 0 Å². The van der Waals surface area contributed by atoms with Crippen molar-refractivity contribution >= 4 is 0 Å². The van der Waals surface area contributed by atoms with E-state index in [1.165, 1.54) is 12.8 Å². The van der Waals surface area contributed by atoms with E-state index in [4.69, 9.17) is 0 Å². The third kappa shape index (κ3) is 1.34. The van der Waals surface area contributed by atoms with Gasteiger partial charge in [-0.15, -0.1) is 0 Å². The van der Waals surface area contributed by atoms with Crippen LogP contribution in [0.3, 0.4) is 0 Å². The molecule has 4 atom stereocenters. The molecule has 3 rings (SSSR count). The lowest BCUT2D eigenvalue weighted by Crippen LogP contribution is -2.63. The molecule has 0 amide bonds. The Kier molecular flexibility index (Phi) is 2.72. The van der Waals surface area contributed by atoms with Crippen molar-refractivity contribution in [3.05, 3.63) is 0 Å². The van der Waals surface area contributed by atoms with Crippen molar-refractivity contribution in [1.29, 1.82) is 0 Å².